The summed E-state index contributed by atoms with van der Waals surface area (Å²) >= 11 is 11.0. The van der Waals surface area contributed by atoms with Crippen molar-refractivity contribution in [2.45, 2.75) is 20.0 Å². The molecular formula is C19H19ClN2O2S. The van der Waals surface area contributed by atoms with E-state index in [1.54, 1.807) is 18.2 Å². The van der Waals surface area contributed by atoms with Crippen LogP contribution >= 0.6 is 23.8 Å². The predicted octanol–water partition coefficient (Wildman–Crippen LogP) is 4.65. The second-order valence-corrected chi connectivity index (χ2v) is 6.36. The fourth-order valence-corrected chi connectivity index (χ4v) is 2.30. The summed E-state index contributed by atoms with van der Waals surface area (Å²) in [6, 6.07) is 14.5. The zero-order valence-corrected chi connectivity index (χ0v) is 15.5. The van der Waals surface area contributed by atoms with Crippen molar-refractivity contribution >= 4 is 46.6 Å². The zero-order chi connectivity index (χ0) is 18.2. The average molecular weight is 375 g/mol. The van der Waals surface area contributed by atoms with Gasteiger partial charge in [-0.25, -0.2) is 0 Å². The highest BCUT2D eigenvalue weighted by molar-refractivity contribution is 7.80. The molecule has 6 heteroatoms. The molecule has 0 spiro atoms. The van der Waals surface area contributed by atoms with Gasteiger partial charge in [0.15, 0.2) is 5.11 Å². The summed E-state index contributed by atoms with van der Waals surface area (Å²) < 4.78 is 5.57. The van der Waals surface area contributed by atoms with Crippen LogP contribution < -0.4 is 15.4 Å². The Labute approximate surface area is 157 Å². The van der Waals surface area contributed by atoms with Gasteiger partial charge in [0.05, 0.1) is 6.10 Å². The molecule has 0 unspecified atom stereocenters. The first-order chi connectivity index (χ1) is 11.9. The van der Waals surface area contributed by atoms with E-state index in [0.717, 1.165) is 17.0 Å². The molecule has 0 saturated carbocycles. The molecule has 25 heavy (non-hydrogen) atoms. The number of carbonyl (C=O) groups excluding carboxylic acids is 1. The van der Waals surface area contributed by atoms with E-state index < -0.39 is 0 Å². The first-order valence-electron chi connectivity index (χ1n) is 7.75. The van der Waals surface area contributed by atoms with Gasteiger partial charge in [0.2, 0.25) is 5.91 Å². The maximum absolute atomic E-state index is 11.9. The maximum Gasteiger partial charge on any atom is 0.250 e. The highest BCUT2D eigenvalue weighted by Crippen LogP contribution is 2.16. The molecule has 2 aromatic rings. The Kier molecular flexibility index (Phi) is 6.98. The van der Waals surface area contributed by atoms with E-state index in [2.05, 4.69) is 10.6 Å². The number of halogens is 1. The first kappa shape index (κ1) is 19.0. The van der Waals surface area contributed by atoms with E-state index in [9.17, 15) is 4.79 Å². The van der Waals surface area contributed by atoms with Crippen molar-refractivity contribution in [2.75, 3.05) is 5.32 Å². The molecule has 0 radical (unpaired) electrons. The standard InChI is InChI=1S/C19H19ClN2O2S/c1-13(2)24-17-10-8-16(9-11-17)21-19(25)22-18(23)12-5-14-3-6-15(20)7-4-14/h3-13H,1-2H3,(H2,21,22,23,25)/b12-5+. The van der Waals surface area contributed by atoms with Crippen LogP contribution in [-0.2, 0) is 4.79 Å². The van der Waals surface area contributed by atoms with Crippen molar-refractivity contribution in [1.29, 1.82) is 0 Å². The Hall–Kier alpha value is -2.37. The molecule has 0 aliphatic heterocycles. The van der Waals surface area contributed by atoms with Gasteiger partial charge < -0.3 is 10.1 Å². The summed E-state index contributed by atoms with van der Waals surface area (Å²) in [5.74, 6) is 0.466. The first-order valence-corrected chi connectivity index (χ1v) is 8.53. The maximum atomic E-state index is 11.9. The van der Waals surface area contributed by atoms with E-state index in [0.29, 0.717) is 5.02 Å². The lowest BCUT2D eigenvalue weighted by Gasteiger charge is -2.11. The summed E-state index contributed by atoms with van der Waals surface area (Å²) in [7, 11) is 0. The number of hydrogen-bond acceptors (Lipinski definition) is 3. The highest BCUT2D eigenvalue weighted by Gasteiger charge is 2.03. The van der Waals surface area contributed by atoms with Gasteiger partial charge >= 0.3 is 0 Å². The smallest absolute Gasteiger partial charge is 0.250 e. The van der Waals surface area contributed by atoms with Crippen molar-refractivity contribution in [1.82, 2.24) is 5.32 Å². The van der Waals surface area contributed by atoms with Gasteiger partial charge in [0.25, 0.3) is 0 Å². The molecule has 0 atom stereocenters. The number of nitrogens with one attached hydrogen (secondary N) is 2. The number of amides is 1. The van der Waals surface area contributed by atoms with Gasteiger partial charge in [0.1, 0.15) is 5.75 Å². The molecule has 4 nitrogen and oxygen atoms in total. The second-order valence-electron chi connectivity index (χ2n) is 5.52. The van der Waals surface area contributed by atoms with E-state index in [-0.39, 0.29) is 17.1 Å². The van der Waals surface area contributed by atoms with Gasteiger partial charge in [-0.05, 0) is 74.1 Å². The normalized spacial score (nSPS) is 10.7. The second kappa shape index (κ2) is 9.20. The molecule has 0 heterocycles. The van der Waals surface area contributed by atoms with Crippen LogP contribution in [0.4, 0.5) is 5.69 Å². The Morgan fingerprint density at radius 3 is 2.36 bits per heavy atom. The predicted molar refractivity (Wildman–Crippen MR) is 107 cm³/mol. The van der Waals surface area contributed by atoms with Crippen molar-refractivity contribution in [3.63, 3.8) is 0 Å². The third kappa shape index (κ3) is 6.95. The van der Waals surface area contributed by atoms with Crippen LogP contribution in [0.3, 0.4) is 0 Å². The molecule has 0 aliphatic carbocycles. The van der Waals surface area contributed by atoms with Crippen LogP contribution in [0, 0.1) is 0 Å². The number of rotatable bonds is 5. The third-order valence-electron chi connectivity index (χ3n) is 3.02. The summed E-state index contributed by atoms with van der Waals surface area (Å²) in [4.78, 5) is 11.9. The molecule has 0 aromatic heterocycles. The van der Waals surface area contributed by atoms with Crippen molar-refractivity contribution in [3.8, 4) is 5.75 Å². The van der Waals surface area contributed by atoms with Crippen LogP contribution in [0.1, 0.15) is 19.4 Å². The van der Waals surface area contributed by atoms with Crippen molar-refractivity contribution < 1.29 is 9.53 Å². The van der Waals surface area contributed by atoms with E-state index in [1.165, 1.54) is 6.08 Å². The van der Waals surface area contributed by atoms with Crippen LogP contribution in [0.15, 0.2) is 54.6 Å². The fourth-order valence-electron chi connectivity index (χ4n) is 1.95. The summed E-state index contributed by atoms with van der Waals surface area (Å²) in [6.45, 7) is 3.93. The third-order valence-corrected chi connectivity index (χ3v) is 3.47. The van der Waals surface area contributed by atoms with E-state index in [4.69, 9.17) is 28.6 Å². The topological polar surface area (TPSA) is 50.4 Å². The number of thiocarbonyl (C=S) groups is 1. The summed E-state index contributed by atoms with van der Waals surface area (Å²) in [5.41, 5.74) is 1.64. The molecule has 2 N–H and O–H groups in total. The van der Waals surface area contributed by atoms with Gasteiger partial charge in [-0.15, -0.1) is 0 Å². The molecule has 0 bridgehead atoms. The minimum atomic E-state index is -0.313. The Morgan fingerprint density at radius 1 is 1.12 bits per heavy atom. The molecule has 2 aromatic carbocycles. The Bertz CT molecular complexity index is 756. The Balaban J connectivity index is 1.84. The largest absolute Gasteiger partial charge is 0.491 e. The van der Waals surface area contributed by atoms with Crippen LogP contribution in [0.2, 0.25) is 5.02 Å². The SMILES string of the molecule is CC(C)Oc1ccc(NC(=S)NC(=O)/C=C/c2ccc(Cl)cc2)cc1. The van der Waals surface area contributed by atoms with Crippen LogP contribution in [0.25, 0.3) is 6.08 Å². The van der Waals surface area contributed by atoms with Gasteiger partial charge in [0, 0.05) is 16.8 Å². The highest BCUT2D eigenvalue weighted by atomic mass is 35.5. The Morgan fingerprint density at radius 2 is 1.76 bits per heavy atom. The fraction of sp³-hybridized carbons (Fsp3) is 0.158. The van der Waals surface area contributed by atoms with Gasteiger partial charge in [-0.2, -0.15) is 0 Å². The zero-order valence-electron chi connectivity index (χ0n) is 14.0. The lowest BCUT2D eigenvalue weighted by Crippen LogP contribution is -2.32. The lowest BCUT2D eigenvalue weighted by molar-refractivity contribution is -0.115. The van der Waals surface area contributed by atoms with Crippen LogP contribution in [0.5, 0.6) is 5.75 Å². The average Bonchev–Trinajstić information content (AvgIpc) is 2.55. The molecule has 0 aliphatic rings. The molecule has 2 rings (SSSR count). The molecule has 0 fully saturated rings. The minimum Gasteiger partial charge on any atom is -0.491 e. The van der Waals surface area contributed by atoms with E-state index in [1.807, 2.05) is 50.2 Å². The lowest BCUT2D eigenvalue weighted by atomic mass is 10.2. The number of hydrogen-bond donors (Lipinski definition) is 2. The summed E-state index contributed by atoms with van der Waals surface area (Å²) in [6.07, 6.45) is 3.22. The monoisotopic (exact) mass is 374 g/mol. The van der Waals surface area contributed by atoms with Crippen LogP contribution in [-0.4, -0.2) is 17.1 Å². The number of ether oxygens (including phenoxy) is 1. The number of carbonyl (C=O) groups is 1. The molecule has 1 amide bonds. The number of anilines is 1. The van der Waals surface area contributed by atoms with E-state index >= 15 is 0 Å². The molecular weight excluding hydrogens is 356 g/mol. The van der Waals surface area contributed by atoms with Crippen molar-refractivity contribution in [3.05, 3.63) is 65.2 Å². The quantitative estimate of drug-likeness (QED) is 0.590. The number of benzene rings is 2. The minimum absolute atomic E-state index is 0.117. The molecule has 0 saturated heterocycles. The van der Waals surface area contributed by atoms with Gasteiger partial charge in [-0.3, -0.25) is 10.1 Å². The molecule has 130 valence electrons. The van der Waals surface area contributed by atoms with Crippen molar-refractivity contribution in [2.24, 2.45) is 0 Å². The van der Waals surface area contributed by atoms with Gasteiger partial charge in [-0.1, -0.05) is 23.7 Å². The summed E-state index contributed by atoms with van der Waals surface area (Å²) in [5, 5.41) is 6.42.